The van der Waals surface area contributed by atoms with Gasteiger partial charge in [0.25, 0.3) is 0 Å². The lowest BCUT2D eigenvalue weighted by Crippen LogP contribution is -2.37. The highest BCUT2D eigenvalue weighted by atomic mass is 16.4. The molecular formula is C15H17NO3. The van der Waals surface area contributed by atoms with Gasteiger partial charge in [-0.15, -0.1) is 0 Å². The van der Waals surface area contributed by atoms with Gasteiger partial charge in [0.05, 0.1) is 0 Å². The number of hydrogen-bond acceptors (Lipinski definition) is 2. The first-order valence-electron chi connectivity index (χ1n) is 6.76. The van der Waals surface area contributed by atoms with Crippen molar-refractivity contribution in [2.45, 2.75) is 19.3 Å². The van der Waals surface area contributed by atoms with Crippen LogP contribution in [0.25, 0.3) is 0 Å². The van der Waals surface area contributed by atoms with Gasteiger partial charge in [-0.25, -0.2) is 0 Å². The molecular weight excluding hydrogens is 242 g/mol. The molecule has 1 amide bonds. The molecule has 2 unspecified atom stereocenters. The van der Waals surface area contributed by atoms with E-state index in [9.17, 15) is 9.59 Å². The second-order valence-corrected chi connectivity index (χ2v) is 5.44. The van der Waals surface area contributed by atoms with Crippen LogP contribution in [0.2, 0.25) is 0 Å². The molecule has 1 N–H and O–H groups in total. The van der Waals surface area contributed by atoms with Gasteiger partial charge in [0.1, 0.15) is 6.54 Å². The number of rotatable bonds is 4. The third kappa shape index (κ3) is 2.23. The van der Waals surface area contributed by atoms with E-state index in [2.05, 4.69) is 0 Å². The van der Waals surface area contributed by atoms with Crippen molar-refractivity contribution in [3.8, 4) is 0 Å². The Hall–Kier alpha value is -1.84. The molecule has 100 valence electrons. The van der Waals surface area contributed by atoms with E-state index in [1.807, 2.05) is 18.2 Å². The molecule has 1 aromatic carbocycles. The quantitative estimate of drug-likeness (QED) is 0.901. The number of hydrogen-bond donors (Lipinski definition) is 1. The minimum Gasteiger partial charge on any atom is -0.480 e. The number of para-hydroxylation sites is 1. The van der Waals surface area contributed by atoms with Crippen molar-refractivity contribution in [1.29, 1.82) is 0 Å². The third-order valence-corrected chi connectivity index (χ3v) is 4.32. The number of aliphatic carboxylic acids is 1. The first-order valence-corrected chi connectivity index (χ1v) is 6.76. The predicted octanol–water partition coefficient (Wildman–Crippen LogP) is 2.15. The number of amides is 1. The number of fused-ring (bicyclic) bond motifs is 1. The summed E-state index contributed by atoms with van der Waals surface area (Å²) >= 11 is 0. The van der Waals surface area contributed by atoms with Crippen LogP contribution in [0.3, 0.4) is 0 Å². The molecule has 0 spiro atoms. The Morgan fingerprint density at radius 3 is 2.37 bits per heavy atom. The van der Waals surface area contributed by atoms with Crippen molar-refractivity contribution in [3.63, 3.8) is 0 Å². The number of carboxylic acids is 1. The Kier molecular flexibility index (Phi) is 3.01. The molecule has 2 aliphatic rings. The molecule has 2 fully saturated rings. The lowest BCUT2D eigenvalue weighted by molar-refractivity contribution is -0.136. The number of carbonyl (C=O) groups is 2. The molecule has 2 saturated carbocycles. The molecule has 1 aromatic rings. The standard InChI is InChI=1S/C15H17NO3/c17-13(18)9-16(10-5-2-1-3-6-10)15(19)14-11-7-4-8-12(11)14/h1-3,5-6,11-12,14H,4,7-9H2,(H,17,18). The Bertz CT molecular complexity index is 489. The molecule has 0 aromatic heterocycles. The van der Waals surface area contributed by atoms with Crippen LogP contribution in [0.4, 0.5) is 5.69 Å². The lowest BCUT2D eigenvalue weighted by atomic mass is 10.1. The van der Waals surface area contributed by atoms with Crippen LogP contribution < -0.4 is 4.90 Å². The average Bonchev–Trinajstić information content (AvgIpc) is 2.89. The van der Waals surface area contributed by atoms with Crippen molar-refractivity contribution < 1.29 is 14.7 Å². The minimum atomic E-state index is -0.969. The van der Waals surface area contributed by atoms with E-state index in [4.69, 9.17) is 5.11 Å². The smallest absolute Gasteiger partial charge is 0.323 e. The topological polar surface area (TPSA) is 57.6 Å². The summed E-state index contributed by atoms with van der Waals surface area (Å²) in [6, 6.07) is 9.09. The summed E-state index contributed by atoms with van der Waals surface area (Å²) in [6.45, 7) is -0.251. The van der Waals surface area contributed by atoms with Crippen LogP contribution in [-0.4, -0.2) is 23.5 Å². The van der Waals surface area contributed by atoms with E-state index < -0.39 is 5.97 Å². The van der Waals surface area contributed by atoms with Crippen LogP contribution in [0.5, 0.6) is 0 Å². The van der Waals surface area contributed by atoms with Gasteiger partial charge in [-0.2, -0.15) is 0 Å². The maximum absolute atomic E-state index is 12.5. The maximum atomic E-state index is 12.5. The van der Waals surface area contributed by atoms with Crippen LogP contribution in [0, 0.1) is 17.8 Å². The van der Waals surface area contributed by atoms with Gasteiger partial charge >= 0.3 is 5.97 Å². The molecule has 2 aliphatic carbocycles. The summed E-state index contributed by atoms with van der Waals surface area (Å²) in [7, 11) is 0. The van der Waals surface area contributed by atoms with Crippen LogP contribution in [0.1, 0.15) is 19.3 Å². The Balaban J connectivity index is 1.79. The number of carbonyl (C=O) groups excluding carboxylic acids is 1. The number of benzene rings is 1. The second kappa shape index (κ2) is 4.68. The summed E-state index contributed by atoms with van der Waals surface area (Å²) in [5.74, 6) is 0.0969. The van der Waals surface area contributed by atoms with Gasteiger partial charge < -0.3 is 10.0 Å². The van der Waals surface area contributed by atoms with Gasteiger partial charge in [0.15, 0.2) is 0 Å². The zero-order valence-corrected chi connectivity index (χ0v) is 10.7. The maximum Gasteiger partial charge on any atom is 0.323 e. The Morgan fingerprint density at radius 2 is 1.79 bits per heavy atom. The van der Waals surface area contributed by atoms with Crippen molar-refractivity contribution >= 4 is 17.6 Å². The number of anilines is 1. The number of nitrogens with zero attached hydrogens (tertiary/aromatic N) is 1. The van der Waals surface area contributed by atoms with Gasteiger partial charge in [-0.1, -0.05) is 24.6 Å². The SMILES string of the molecule is O=C(O)CN(C(=O)C1C2CCCC21)c1ccccc1. The van der Waals surface area contributed by atoms with Crippen molar-refractivity contribution in [2.75, 3.05) is 11.4 Å². The fourth-order valence-electron chi connectivity index (χ4n) is 3.41. The molecule has 3 rings (SSSR count). The molecule has 4 heteroatoms. The molecule has 0 aliphatic heterocycles. The Labute approximate surface area is 112 Å². The summed E-state index contributed by atoms with van der Waals surface area (Å²) in [6.07, 6.45) is 3.46. The van der Waals surface area contributed by atoms with Gasteiger partial charge in [0, 0.05) is 11.6 Å². The second-order valence-electron chi connectivity index (χ2n) is 5.44. The van der Waals surface area contributed by atoms with Gasteiger partial charge in [-0.3, -0.25) is 9.59 Å². The van der Waals surface area contributed by atoms with Gasteiger partial charge in [0.2, 0.25) is 5.91 Å². The van der Waals surface area contributed by atoms with Gasteiger partial charge in [-0.05, 0) is 36.8 Å². The molecule has 0 saturated heterocycles. The fourth-order valence-corrected chi connectivity index (χ4v) is 3.41. The summed E-state index contributed by atoms with van der Waals surface area (Å²) in [5, 5.41) is 9.01. The van der Waals surface area contributed by atoms with E-state index in [0.29, 0.717) is 17.5 Å². The van der Waals surface area contributed by atoms with Crippen molar-refractivity contribution in [2.24, 2.45) is 17.8 Å². The minimum absolute atomic E-state index is 0.0108. The van der Waals surface area contributed by atoms with E-state index >= 15 is 0 Å². The first kappa shape index (κ1) is 12.2. The van der Waals surface area contributed by atoms with Crippen LogP contribution >= 0.6 is 0 Å². The molecule has 4 nitrogen and oxygen atoms in total. The molecule has 19 heavy (non-hydrogen) atoms. The van der Waals surface area contributed by atoms with E-state index in [0.717, 1.165) is 12.8 Å². The molecule has 0 radical (unpaired) electrons. The molecule has 2 atom stereocenters. The monoisotopic (exact) mass is 259 g/mol. The zero-order valence-electron chi connectivity index (χ0n) is 10.7. The average molecular weight is 259 g/mol. The summed E-state index contributed by atoms with van der Waals surface area (Å²) < 4.78 is 0. The Morgan fingerprint density at radius 1 is 1.16 bits per heavy atom. The molecule has 0 bridgehead atoms. The molecule has 0 heterocycles. The fraction of sp³-hybridized carbons (Fsp3) is 0.467. The normalized spacial score (nSPS) is 27.7. The highest BCUT2D eigenvalue weighted by Crippen LogP contribution is 2.58. The van der Waals surface area contributed by atoms with Crippen molar-refractivity contribution in [1.82, 2.24) is 0 Å². The first-order chi connectivity index (χ1) is 9.18. The van der Waals surface area contributed by atoms with Crippen LogP contribution in [-0.2, 0) is 9.59 Å². The van der Waals surface area contributed by atoms with E-state index in [1.54, 1.807) is 12.1 Å². The number of carboxylic acid groups (broad SMARTS) is 1. The summed E-state index contributed by atoms with van der Waals surface area (Å²) in [4.78, 5) is 24.9. The third-order valence-electron chi connectivity index (χ3n) is 4.32. The zero-order chi connectivity index (χ0) is 13.4. The van der Waals surface area contributed by atoms with Crippen molar-refractivity contribution in [3.05, 3.63) is 30.3 Å². The predicted molar refractivity (Wildman–Crippen MR) is 70.8 cm³/mol. The highest BCUT2D eigenvalue weighted by molar-refractivity contribution is 6.00. The largest absolute Gasteiger partial charge is 0.480 e. The van der Waals surface area contributed by atoms with E-state index in [-0.39, 0.29) is 18.4 Å². The van der Waals surface area contributed by atoms with Crippen LogP contribution in [0.15, 0.2) is 30.3 Å². The summed E-state index contributed by atoms with van der Waals surface area (Å²) in [5.41, 5.74) is 0.680. The lowest BCUT2D eigenvalue weighted by Gasteiger charge is -2.21. The highest BCUT2D eigenvalue weighted by Gasteiger charge is 2.57. The van der Waals surface area contributed by atoms with E-state index in [1.165, 1.54) is 11.3 Å².